The number of unbranched alkanes of at least 4 members (excludes halogenated alkanes) is 1. The quantitative estimate of drug-likeness (QED) is 0.182. The second kappa shape index (κ2) is 10.4. The summed E-state index contributed by atoms with van der Waals surface area (Å²) in [5, 5.41) is 8.69. The number of carboxylic acids is 1. The lowest BCUT2D eigenvalue weighted by Crippen LogP contribution is -2.74. The van der Waals surface area contributed by atoms with Crippen LogP contribution in [0.2, 0.25) is 0 Å². The number of hydrogen-bond donors (Lipinski definition) is 1. The Hall–Kier alpha value is -2.70. The van der Waals surface area contributed by atoms with E-state index in [0.29, 0.717) is 0 Å². The van der Waals surface area contributed by atoms with Gasteiger partial charge >= 0.3 is 53.6 Å². The van der Waals surface area contributed by atoms with Crippen molar-refractivity contribution in [3.05, 3.63) is 29.8 Å². The minimum Gasteiger partial charge on any atom is -0.494 e. The maximum absolute atomic E-state index is 13.8. The van der Waals surface area contributed by atoms with Crippen molar-refractivity contribution >= 4 is 5.97 Å². The molecule has 1 aromatic rings. The van der Waals surface area contributed by atoms with E-state index in [1.165, 1.54) is 0 Å². The molecule has 20 heteroatoms. The van der Waals surface area contributed by atoms with Crippen molar-refractivity contribution in [3.8, 4) is 5.75 Å². The van der Waals surface area contributed by atoms with Crippen LogP contribution in [0.1, 0.15) is 29.6 Å². The molecule has 1 rings (SSSR count). The third kappa shape index (κ3) is 5.64. The van der Waals surface area contributed by atoms with Crippen molar-refractivity contribution in [2.45, 2.75) is 66.9 Å². The van der Waals surface area contributed by atoms with E-state index in [1.807, 2.05) is 0 Å². The van der Waals surface area contributed by atoms with Crippen LogP contribution in [0, 0.1) is 0 Å². The lowest BCUT2D eigenvalue weighted by atomic mass is 9.88. The molecule has 0 radical (unpaired) electrons. The second-order valence-corrected chi connectivity index (χ2v) is 7.78. The maximum Gasteiger partial charge on any atom is 0.460 e. The number of benzene rings is 1. The van der Waals surface area contributed by atoms with Gasteiger partial charge in [0.15, 0.2) is 0 Å². The van der Waals surface area contributed by atoms with Crippen LogP contribution < -0.4 is 4.74 Å². The van der Waals surface area contributed by atoms with Gasteiger partial charge in [-0.25, -0.2) is 4.79 Å². The van der Waals surface area contributed by atoms with Crippen molar-refractivity contribution < 1.29 is 89.3 Å². The lowest BCUT2D eigenvalue weighted by molar-refractivity contribution is -0.461. The largest absolute Gasteiger partial charge is 0.494 e. The number of rotatable bonds is 13. The highest BCUT2D eigenvalue weighted by atomic mass is 19.4. The molecule has 0 aromatic heterocycles. The number of halogens is 17. The molecule has 0 fully saturated rings. The zero-order valence-electron chi connectivity index (χ0n) is 18.3. The summed E-state index contributed by atoms with van der Waals surface area (Å²) in [6.07, 6.45) is -12.4. The summed E-state index contributed by atoms with van der Waals surface area (Å²) in [6.45, 7) is -0.683. The Bertz CT molecular complexity index is 999. The summed E-state index contributed by atoms with van der Waals surface area (Å²) in [5.74, 6) is -57.9. The molecule has 3 nitrogen and oxygen atoms in total. The predicted molar refractivity (Wildman–Crippen MR) is 93.4 cm³/mol. The zero-order chi connectivity index (χ0) is 31.1. The molecular formula is C19H13F17O3. The first kappa shape index (κ1) is 34.3. The van der Waals surface area contributed by atoms with E-state index in [9.17, 15) is 79.4 Å². The number of hydrogen-bond acceptors (Lipinski definition) is 2. The molecule has 0 aliphatic heterocycles. The van der Waals surface area contributed by atoms with Gasteiger partial charge < -0.3 is 9.84 Å². The van der Waals surface area contributed by atoms with Crippen molar-refractivity contribution in [3.63, 3.8) is 0 Å². The number of ether oxygens (including phenoxy) is 1. The molecule has 0 unspecified atom stereocenters. The van der Waals surface area contributed by atoms with E-state index in [1.54, 1.807) is 0 Å². The summed E-state index contributed by atoms with van der Waals surface area (Å²) in [5.41, 5.74) is -0.229. The Morgan fingerprint density at radius 2 is 0.974 bits per heavy atom. The molecule has 0 heterocycles. The first-order valence-electron chi connectivity index (χ1n) is 9.81. The van der Waals surface area contributed by atoms with Crippen LogP contribution >= 0.6 is 0 Å². The third-order valence-electron chi connectivity index (χ3n) is 5.04. The van der Waals surface area contributed by atoms with Crippen LogP contribution in [0.5, 0.6) is 5.75 Å². The summed E-state index contributed by atoms with van der Waals surface area (Å²) < 4.78 is 229. The van der Waals surface area contributed by atoms with Crippen LogP contribution in [-0.4, -0.2) is 65.3 Å². The standard InChI is InChI=1S/C19H13F17O3/c20-12(21,7-1-2-8-39-10-5-3-9(4-6-10)11(37)38)13(22,23)14(24,25)15(26,27)16(28,29)17(30,31)18(32,33)19(34,35)36/h3-6H,1-2,7-8H2,(H,37,38). The average Bonchev–Trinajstić information content (AvgIpc) is 2.77. The molecule has 0 atom stereocenters. The van der Waals surface area contributed by atoms with Gasteiger partial charge in [-0.3, -0.25) is 0 Å². The van der Waals surface area contributed by atoms with E-state index in [-0.39, 0.29) is 11.3 Å². The molecule has 0 spiro atoms. The highest BCUT2D eigenvalue weighted by Gasteiger charge is 2.95. The zero-order valence-corrected chi connectivity index (χ0v) is 18.3. The molecule has 226 valence electrons. The fourth-order valence-corrected chi connectivity index (χ4v) is 2.69. The molecule has 1 aromatic carbocycles. The van der Waals surface area contributed by atoms with Gasteiger partial charge in [-0.1, -0.05) is 0 Å². The Morgan fingerprint density at radius 3 is 1.36 bits per heavy atom. The van der Waals surface area contributed by atoms with Gasteiger partial charge in [0.2, 0.25) is 0 Å². The van der Waals surface area contributed by atoms with Gasteiger partial charge in [-0.05, 0) is 37.1 Å². The van der Waals surface area contributed by atoms with Gasteiger partial charge in [0, 0.05) is 6.42 Å². The number of alkyl halides is 17. The first-order valence-corrected chi connectivity index (χ1v) is 9.81. The van der Waals surface area contributed by atoms with Gasteiger partial charge in [0.05, 0.1) is 12.2 Å². The highest BCUT2D eigenvalue weighted by Crippen LogP contribution is 2.64. The monoisotopic (exact) mass is 612 g/mol. The number of carbonyl (C=O) groups is 1. The normalized spacial score (nSPS) is 14.9. The van der Waals surface area contributed by atoms with E-state index >= 15 is 0 Å². The molecule has 0 aliphatic rings. The van der Waals surface area contributed by atoms with Crippen molar-refractivity contribution in [2.75, 3.05) is 6.61 Å². The Morgan fingerprint density at radius 1 is 0.590 bits per heavy atom. The fraction of sp³-hybridized carbons (Fsp3) is 0.632. The van der Waals surface area contributed by atoms with Gasteiger partial charge in [-0.15, -0.1) is 0 Å². The summed E-state index contributed by atoms with van der Waals surface area (Å²) in [7, 11) is 0. The maximum atomic E-state index is 13.8. The van der Waals surface area contributed by atoms with Crippen LogP contribution in [-0.2, 0) is 0 Å². The molecule has 0 saturated carbocycles. The first-order chi connectivity index (χ1) is 17.1. The van der Waals surface area contributed by atoms with Crippen LogP contribution in [0.25, 0.3) is 0 Å². The van der Waals surface area contributed by atoms with Crippen LogP contribution in [0.3, 0.4) is 0 Å². The van der Waals surface area contributed by atoms with Gasteiger partial charge in [0.25, 0.3) is 0 Å². The minimum atomic E-state index is -8.65. The molecule has 1 N–H and O–H groups in total. The minimum absolute atomic E-state index is 0.123. The van der Waals surface area contributed by atoms with E-state index < -0.39 is 79.5 Å². The Balaban J connectivity index is 3.08. The lowest BCUT2D eigenvalue weighted by Gasteiger charge is -2.42. The number of carboxylic acid groups (broad SMARTS) is 1. The number of aromatic carboxylic acids is 1. The Labute approximate surface area is 205 Å². The van der Waals surface area contributed by atoms with Crippen molar-refractivity contribution in [1.82, 2.24) is 0 Å². The second-order valence-electron chi connectivity index (χ2n) is 7.78. The molecular weight excluding hydrogens is 599 g/mol. The summed E-state index contributed by atoms with van der Waals surface area (Å²) in [4.78, 5) is 10.7. The summed E-state index contributed by atoms with van der Waals surface area (Å²) >= 11 is 0. The van der Waals surface area contributed by atoms with Crippen LogP contribution in [0.15, 0.2) is 24.3 Å². The molecule has 0 saturated heterocycles. The van der Waals surface area contributed by atoms with Crippen LogP contribution in [0.4, 0.5) is 74.6 Å². The van der Waals surface area contributed by atoms with Gasteiger partial charge in [-0.2, -0.15) is 74.6 Å². The average molecular weight is 612 g/mol. The molecule has 0 amide bonds. The third-order valence-corrected chi connectivity index (χ3v) is 5.04. The van der Waals surface area contributed by atoms with Crippen molar-refractivity contribution in [1.29, 1.82) is 0 Å². The Kier molecular flexibility index (Phi) is 9.12. The fourth-order valence-electron chi connectivity index (χ4n) is 2.69. The van der Waals surface area contributed by atoms with E-state index in [4.69, 9.17) is 9.84 Å². The van der Waals surface area contributed by atoms with Gasteiger partial charge in [0.1, 0.15) is 5.75 Å². The SMILES string of the molecule is O=C(O)c1ccc(OCCCCC(F)(F)C(F)(F)C(F)(F)C(F)(F)C(F)(F)C(F)(F)C(F)(F)C(F)(F)F)cc1. The predicted octanol–water partition coefficient (Wildman–Crippen LogP) is 7.94. The molecule has 39 heavy (non-hydrogen) atoms. The summed E-state index contributed by atoms with van der Waals surface area (Å²) in [6, 6.07) is 4.07. The van der Waals surface area contributed by atoms with E-state index in [0.717, 1.165) is 24.3 Å². The van der Waals surface area contributed by atoms with E-state index in [2.05, 4.69) is 0 Å². The molecule has 0 bridgehead atoms. The van der Waals surface area contributed by atoms with Crippen molar-refractivity contribution in [2.24, 2.45) is 0 Å². The topological polar surface area (TPSA) is 46.5 Å². The molecule has 0 aliphatic carbocycles. The highest BCUT2D eigenvalue weighted by molar-refractivity contribution is 5.87. The smallest absolute Gasteiger partial charge is 0.460 e.